The van der Waals surface area contributed by atoms with E-state index in [-0.39, 0.29) is 11.3 Å². The molecular formula is C25H18F7N3O. The first-order valence-corrected chi connectivity index (χ1v) is 10.3. The van der Waals surface area contributed by atoms with Crippen LogP contribution in [0, 0.1) is 0 Å². The van der Waals surface area contributed by atoms with Gasteiger partial charge in [-0.25, -0.2) is 0 Å². The van der Waals surface area contributed by atoms with Crippen LogP contribution in [0.1, 0.15) is 23.6 Å². The molecule has 0 saturated carbocycles. The van der Waals surface area contributed by atoms with Gasteiger partial charge in [-0.15, -0.1) is 5.10 Å². The lowest BCUT2D eigenvalue weighted by Gasteiger charge is -2.27. The minimum Gasteiger partial charge on any atom is -0.321 e. The smallest absolute Gasteiger partial charge is 0.321 e. The lowest BCUT2D eigenvalue weighted by Crippen LogP contribution is -2.57. The molecule has 0 saturated heterocycles. The Kier molecular flexibility index (Phi) is 7.61. The van der Waals surface area contributed by atoms with Crippen molar-refractivity contribution >= 4 is 23.0 Å². The van der Waals surface area contributed by atoms with Gasteiger partial charge in [-0.1, -0.05) is 72.8 Å². The van der Waals surface area contributed by atoms with Gasteiger partial charge >= 0.3 is 23.9 Å². The number of alkyl halides is 7. The Balaban J connectivity index is 1.89. The van der Waals surface area contributed by atoms with Crippen molar-refractivity contribution in [2.24, 2.45) is 10.2 Å². The highest BCUT2D eigenvalue weighted by atomic mass is 19.4. The number of amides is 1. The summed E-state index contributed by atoms with van der Waals surface area (Å²) in [4.78, 5) is 11.6. The zero-order valence-electron chi connectivity index (χ0n) is 18.5. The van der Waals surface area contributed by atoms with E-state index in [0.717, 1.165) is 23.3 Å². The molecule has 3 rings (SSSR count). The highest BCUT2D eigenvalue weighted by Crippen LogP contribution is 2.46. The van der Waals surface area contributed by atoms with Crippen LogP contribution in [0.2, 0.25) is 0 Å². The van der Waals surface area contributed by atoms with Crippen molar-refractivity contribution in [2.45, 2.75) is 24.9 Å². The maximum atomic E-state index is 13.6. The van der Waals surface area contributed by atoms with Crippen LogP contribution in [0.3, 0.4) is 0 Å². The maximum absolute atomic E-state index is 13.6. The summed E-state index contributed by atoms with van der Waals surface area (Å²) < 4.78 is 90.7. The molecule has 0 aromatic heterocycles. The van der Waals surface area contributed by atoms with Gasteiger partial charge in [0, 0.05) is 16.8 Å². The monoisotopic (exact) mass is 509 g/mol. The molecule has 3 aromatic rings. The molecule has 0 unspecified atom stereocenters. The van der Waals surface area contributed by atoms with Gasteiger partial charge in [0.05, 0.1) is 5.71 Å². The van der Waals surface area contributed by atoms with Crippen LogP contribution in [-0.4, -0.2) is 35.4 Å². The molecule has 1 amide bonds. The summed E-state index contributed by atoms with van der Waals surface area (Å²) in [5, 5.41) is 9.88. The van der Waals surface area contributed by atoms with Crippen molar-refractivity contribution in [2.75, 3.05) is 5.32 Å². The molecule has 0 aliphatic heterocycles. The summed E-state index contributed by atoms with van der Waals surface area (Å²) >= 11 is 0. The molecule has 0 aliphatic carbocycles. The van der Waals surface area contributed by atoms with Gasteiger partial charge in [0.15, 0.2) is 0 Å². The van der Waals surface area contributed by atoms with Gasteiger partial charge in [0.25, 0.3) is 0 Å². The standard InChI is InChI=1S/C25H18F7N3O/c1-16(34-35-21(17-9-4-2-5-10-17)18-11-6-3-7-12-18)19-13-8-14-20(15-19)33-22(36)23(26,27)24(28,29)25(30,31)32/h2-15H,1H3,(H,33,36)/b34-16+. The Bertz CT molecular complexity index is 1230. The third kappa shape index (κ3) is 5.61. The zero-order chi connectivity index (χ0) is 26.6. The third-order valence-corrected chi connectivity index (χ3v) is 4.97. The summed E-state index contributed by atoms with van der Waals surface area (Å²) in [6.45, 7) is 1.52. The van der Waals surface area contributed by atoms with Crippen molar-refractivity contribution in [1.82, 2.24) is 0 Å². The zero-order valence-corrected chi connectivity index (χ0v) is 18.5. The summed E-state index contributed by atoms with van der Waals surface area (Å²) in [5.74, 6) is -15.4. The molecule has 0 bridgehead atoms. The van der Waals surface area contributed by atoms with E-state index in [1.807, 2.05) is 60.7 Å². The topological polar surface area (TPSA) is 53.8 Å². The van der Waals surface area contributed by atoms with Crippen LogP contribution >= 0.6 is 0 Å². The molecule has 0 heterocycles. The Morgan fingerprint density at radius 3 is 1.69 bits per heavy atom. The molecule has 11 heteroatoms. The normalized spacial score (nSPS) is 12.7. The van der Waals surface area contributed by atoms with Crippen molar-refractivity contribution in [3.05, 3.63) is 102 Å². The molecule has 188 valence electrons. The van der Waals surface area contributed by atoms with Crippen LogP contribution in [0.15, 0.2) is 95.1 Å². The minimum absolute atomic E-state index is 0.253. The van der Waals surface area contributed by atoms with E-state index >= 15 is 0 Å². The molecule has 3 aromatic carbocycles. The Hall–Kier alpha value is -4.02. The number of carbonyl (C=O) groups excluding carboxylic acids is 1. The van der Waals surface area contributed by atoms with E-state index in [1.54, 1.807) is 0 Å². The Labute approximate surface area is 201 Å². The molecule has 36 heavy (non-hydrogen) atoms. The Morgan fingerprint density at radius 2 is 1.19 bits per heavy atom. The molecule has 0 fully saturated rings. The van der Waals surface area contributed by atoms with E-state index in [4.69, 9.17) is 0 Å². The quantitative estimate of drug-likeness (QED) is 0.215. The van der Waals surface area contributed by atoms with Crippen LogP contribution < -0.4 is 5.32 Å². The number of rotatable bonds is 7. The summed E-state index contributed by atoms with van der Waals surface area (Å²) in [5.41, 5.74) is 2.11. The first-order valence-electron chi connectivity index (χ1n) is 10.3. The number of nitrogens with one attached hydrogen (secondary N) is 1. The van der Waals surface area contributed by atoms with Gasteiger partial charge in [-0.3, -0.25) is 4.79 Å². The second-order valence-electron chi connectivity index (χ2n) is 7.55. The van der Waals surface area contributed by atoms with Crippen LogP contribution in [0.25, 0.3) is 0 Å². The SMILES string of the molecule is C/C(=N\N=C(c1ccccc1)c1ccccc1)c1cccc(NC(=O)C(F)(F)C(F)(F)C(F)(F)F)c1. The first kappa shape index (κ1) is 26.6. The third-order valence-electron chi connectivity index (χ3n) is 4.97. The lowest BCUT2D eigenvalue weighted by molar-refractivity contribution is -0.343. The van der Waals surface area contributed by atoms with Crippen molar-refractivity contribution in [3.8, 4) is 0 Å². The largest absolute Gasteiger partial charge is 0.460 e. The predicted octanol–water partition coefficient (Wildman–Crippen LogP) is 6.72. The fraction of sp³-hybridized carbons (Fsp3) is 0.160. The van der Waals surface area contributed by atoms with E-state index in [9.17, 15) is 35.5 Å². The fourth-order valence-corrected chi connectivity index (χ4v) is 3.01. The van der Waals surface area contributed by atoms with Crippen LogP contribution in [-0.2, 0) is 4.79 Å². The predicted molar refractivity (Wildman–Crippen MR) is 122 cm³/mol. The number of carbonyl (C=O) groups is 1. The number of anilines is 1. The lowest BCUT2D eigenvalue weighted by atomic mass is 10.0. The molecule has 0 spiro atoms. The van der Waals surface area contributed by atoms with E-state index in [2.05, 4.69) is 10.2 Å². The second kappa shape index (κ2) is 10.3. The van der Waals surface area contributed by atoms with Gasteiger partial charge in [0.1, 0.15) is 5.71 Å². The highest BCUT2D eigenvalue weighted by Gasteiger charge is 2.76. The van der Waals surface area contributed by atoms with Gasteiger partial charge in [-0.05, 0) is 24.6 Å². The second-order valence-corrected chi connectivity index (χ2v) is 7.55. The van der Waals surface area contributed by atoms with E-state index < -0.39 is 29.6 Å². The van der Waals surface area contributed by atoms with Crippen molar-refractivity contribution < 1.29 is 35.5 Å². The van der Waals surface area contributed by atoms with Crippen molar-refractivity contribution in [3.63, 3.8) is 0 Å². The van der Waals surface area contributed by atoms with Crippen molar-refractivity contribution in [1.29, 1.82) is 0 Å². The number of nitrogens with zero attached hydrogens (tertiary/aromatic N) is 2. The van der Waals surface area contributed by atoms with Gasteiger partial charge in [-0.2, -0.15) is 35.8 Å². The van der Waals surface area contributed by atoms with E-state index in [1.165, 1.54) is 24.4 Å². The molecular weight excluding hydrogens is 491 g/mol. The molecule has 4 nitrogen and oxygen atoms in total. The molecule has 0 aliphatic rings. The van der Waals surface area contributed by atoms with Crippen LogP contribution in [0.4, 0.5) is 36.4 Å². The highest BCUT2D eigenvalue weighted by molar-refractivity contribution is 6.13. The van der Waals surface area contributed by atoms with Crippen LogP contribution in [0.5, 0.6) is 0 Å². The molecule has 0 radical (unpaired) electrons. The van der Waals surface area contributed by atoms with E-state index in [0.29, 0.717) is 5.71 Å². The number of hydrogen-bond acceptors (Lipinski definition) is 3. The first-order chi connectivity index (χ1) is 16.8. The summed E-state index contributed by atoms with van der Waals surface area (Å²) in [6, 6.07) is 23.1. The summed E-state index contributed by atoms with van der Waals surface area (Å²) in [6.07, 6.45) is -6.62. The van der Waals surface area contributed by atoms with Gasteiger partial charge < -0.3 is 5.32 Å². The Morgan fingerprint density at radius 1 is 0.694 bits per heavy atom. The number of hydrogen-bond donors (Lipinski definition) is 1. The molecule has 1 N–H and O–H groups in total. The average molecular weight is 509 g/mol. The average Bonchev–Trinajstić information content (AvgIpc) is 2.84. The molecule has 0 atom stereocenters. The van der Waals surface area contributed by atoms with Gasteiger partial charge in [0.2, 0.25) is 0 Å². The maximum Gasteiger partial charge on any atom is 0.460 e. The number of halogens is 7. The minimum atomic E-state index is -6.62. The summed E-state index contributed by atoms with van der Waals surface area (Å²) in [7, 11) is 0. The fourth-order valence-electron chi connectivity index (χ4n) is 3.01. The number of benzene rings is 3.